The molecule has 0 bridgehead atoms. The Labute approximate surface area is 217 Å². The van der Waals surface area contributed by atoms with Crippen molar-refractivity contribution in [2.45, 2.75) is 18.7 Å². The van der Waals surface area contributed by atoms with Crippen molar-refractivity contribution in [1.29, 1.82) is 0 Å². The van der Waals surface area contributed by atoms with Gasteiger partial charge in [0.2, 0.25) is 11.1 Å². The summed E-state index contributed by atoms with van der Waals surface area (Å²) in [7, 11) is 0. The number of hydrogen-bond acceptors (Lipinski definition) is 8. The monoisotopic (exact) mass is 521 g/mol. The summed E-state index contributed by atoms with van der Waals surface area (Å²) < 4.78 is 7.18. The summed E-state index contributed by atoms with van der Waals surface area (Å²) in [5.74, 6) is 6.90. The molecule has 0 atom stereocenters. The third kappa shape index (κ3) is 6.55. The molecule has 0 unspecified atom stereocenters. The average Bonchev–Trinajstić information content (AvgIpc) is 3.23. The lowest BCUT2D eigenvalue weighted by molar-refractivity contribution is -0.113. The zero-order valence-electron chi connectivity index (χ0n) is 19.4. The van der Waals surface area contributed by atoms with Gasteiger partial charge >= 0.3 is 0 Å². The number of nitrogens with one attached hydrogen (secondary N) is 2. The molecule has 0 aliphatic carbocycles. The predicted octanol–water partition coefficient (Wildman–Crippen LogP) is 4.71. The molecule has 11 heteroatoms. The first-order chi connectivity index (χ1) is 17.5. The number of nitrogens with two attached hydrogens (primary N) is 1. The van der Waals surface area contributed by atoms with Crippen molar-refractivity contribution in [2.24, 2.45) is 5.10 Å². The average molecular weight is 522 g/mol. The maximum absolute atomic E-state index is 12.3. The van der Waals surface area contributed by atoms with Crippen LogP contribution >= 0.6 is 23.4 Å². The second kappa shape index (κ2) is 12.1. The Morgan fingerprint density at radius 2 is 1.86 bits per heavy atom. The highest BCUT2D eigenvalue weighted by atomic mass is 35.5. The van der Waals surface area contributed by atoms with Gasteiger partial charge in [-0.05, 0) is 36.8 Å². The number of carbonyl (C=O) groups excluding carboxylic acids is 1. The maximum Gasteiger partial charge on any atom is 0.264 e. The van der Waals surface area contributed by atoms with Crippen molar-refractivity contribution in [1.82, 2.24) is 14.9 Å². The molecule has 0 radical (unpaired) electrons. The largest absolute Gasteiger partial charge is 0.488 e. The molecular formula is C25H24ClN7O2S. The number of hydrazone groups is 1. The van der Waals surface area contributed by atoms with Crippen LogP contribution in [0.25, 0.3) is 0 Å². The van der Waals surface area contributed by atoms with Gasteiger partial charge in [-0.2, -0.15) is 5.10 Å². The number of hydrogen-bond donors (Lipinski definition) is 3. The van der Waals surface area contributed by atoms with Crippen LogP contribution in [0, 0.1) is 6.92 Å². The number of anilines is 2. The van der Waals surface area contributed by atoms with E-state index in [1.807, 2.05) is 79.7 Å². The van der Waals surface area contributed by atoms with E-state index in [1.54, 1.807) is 6.21 Å². The molecule has 4 aromatic rings. The standard InChI is InChI=1S/C25H24ClN7O2S/c1-17-8-2-6-12-21(17)29-23(34)16-36-25-32-31-24(33(25)27)30-28-14-18-9-4-7-13-22(18)35-15-19-10-3-5-11-20(19)26/h2-14H,15-16,27H2,1H3,(H,29,34)(H,30,31)/b28-14+. The molecule has 4 N–H and O–H groups in total. The van der Waals surface area contributed by atoms with Gasteiger partial charge < -0.3 is 15.9 Å². The Bertz CT molecular complexity index is 1380. The van der Waals surface area contributed by atoms with Crippen molar-refractivity contribution in [3.8, 4) is 5.75 Å². The first kappa shape index (κ1) is 25.1. The first-order valence-corrected chi connectivity index (χ1v) is 12.3. The minimum absolute atomic E-state index is 0.128. The number of halogens is 1. The third-order valence-electron chi connectivity index (χ3n) is 5.04. The summed E-state index contributed by atoms with van der Waals surface area (Å²) in [6, 6.07) is 22.6. The molecule has 0 saturated carbocycles. The molecule has 9 nitrogen and oxygen atoms in total. The van der Waals surface area contributed by atoms with Crippen LogP contribution in [0.1, 0.15) is 16.7 Å². The van der Waals surface area contributed by atoms with Crippen LogP contribution in [-0.4, -0.2) is 32.7 Å². The van der Waals surface area contributed by atoms with Crippen molar-refractivity contribution in [3.05, 3.63) is 94.5 Å². The molecule has 4 rings (SSSR count). The smallest absolute Gasteiger partial charge is 0.264 e. The second-order valence-electron chi connectivity index (χ2n) is 7.62. The fraction of sp³-hybridized carbons (Fsp3) is 0.120. The molecule has 0 spiro atoms. The van der Waals surface area contributed by atoms with Gasteiger partial charge in [0.05, 0.1) is 12.0 Å². The fourth-order valence-electron chi connectivity index (χ4n) is 3.13. The SMILES string of the molecule is Cc1ccccc1NC(=O)CSc1nnc(N/N=C/c2ccccc2OCc2ccccc2Cl)n1N. The number of para-hydroxylation sites is 2. The number of aromatic nitrogens is 3. The first-order valence-electron chi connectivity index (χ1n) is 10.9. The van der Waals surface area contributed by atoms with E-state index in [4.69, 9.17) is 22.2 Å². The lowest BCUT2D eigenvalue weighted by Gasteiger charge is -2.10. The van der Waals surface area contributed by atoms with E-state index in [0.29, 0.717) is 22.5 Å². The third-order valence-corrected chi connectivity index (χ3v) is 6.36. The van der Waals surface area contributed by atoms with Gasteiger partial charge in [0.25, 0.3) is 5.95 Å². The Hall–Kier alpha value is -4.02. The molecule has 0 fully saturated rings. The summed E-state index contributed by atoms with van der Waals surface area (Å²) in [4.78, 5) is 12.3. The number of ether oxygens (including phenoxy) is 1. The van der Waals surface area contributed by atoms with Crippen LogP contribution in [-0.2, 0) is 11.4 Å². The van der Waals surface area contributed by atoms with Gasteiger partial charge in [0.1, 0.15) is 12.4 Å². The highest BCUT2D eigenvalue weighted by Crippen LogP contribution is 2.22. The second-order valence-corrected chi connectivity index (χ2v) is 8.97. The predicted molar refractivity (Wildman–Crippen MR) is 144 cm³/mol. The van der Waals surface area contributed by atoms with Crippen molar-refractivity contribution in [2.75, 3.05) is 22.3 Å². The van der Waals surface area contributed by atoms with Gasteiger partial charge in [-0.25, -0.2) is 10.1 Å². The molecule has 0 aliphatic heterocycles. The van der Waals surface area contributed by atoms with Crippen molar-refractivity contribution >= 4 is 47.1 Å². The van der Waals surface area contributed by atoms with Crippen LogP contribution in [0.2, 0.25) is 5.02 Å². The van der Waals surface area contributed by atoms with E-state index in [2.05, 4.69) is 26.0 Å². The minimum Gasteiger partial charge on any atom is -0.488 e. The number of rotatable bonds is 10. The molecule has 0 aliphatic rings. The van der Waals surface area contributed by atoms with Gasteiger partial charge in [-0.3, -0.25) is 4.79 Å². The summed E-state index contributed by atoms with van der Waals surface area (Å²) >= 11 is 7.38. The Kier molecular flexibility index (Phi) is 8.43. The molecule has 1 amide bonds. The minimum atomic E-state index is -0.168. The summed E-state index contributed by atoms with van der Waals surface area (Å²) in [5, 5.41) is 16.1. The number of amides is 1. The molecule has 1 aromatic heterocycles. The number of thioether (sulfide) groups is 1. The Balaban J connectivity index is 1.32. The van der Waals surface area contributed by atoms with E-state index >= 15 is 0 Å². The molecule has 1 heterocycles. The van der Waals surface area contributed by atoms with E-state index < -0.39 is 0 Å². The number of carbonyl (C=O) groups is 1. The maximum atomic E-state index is 12.3. The van der Waals surface area contributed by atoms with Crippen LogP contribution in [0.3, 0.4) is 0 Å². The Morgan fingerprint density at radius 1 is 1.11 bits per heavy atom. The zero-order valence-corrected chi connectivity index (χ0v) is 21.0. The van der Waals surface area contributed by atoms with Crippen LogP contribution in [0.15, 0.2) is 83.1 Å². The lowest BCUT2D eigenvalue weighted by Crippen LogP contribution is -2.17. The molecule has 36 heavy (non-hydrogen) atoms. The van der Waals surface area contributed by atoms with Crippen molar-refractivity contribution < 1.29 is 9.53 Å². The quantitative estimate of drug-likeness (QED) is 0.120. The molecule has 184 valence electrons. The summed E-state index contributed by atoms with van der Waals surface area (Å²) in [6.45, 7) is 2.26. The molecule has 3 aromatic carbocycles. The summed E-state index contributed by atoms with van der Waals surface area (Å²) in [5.41, 5.74) is 6.16. The summed E-state index contributed by atoms with van der Waals surface area (Å²) in [6.07, 6.45) is 1.60. The number of aryl methyl sites for hydroxylation is 1. The van der Waals surface area contributed by atoms with Crippen LogP contribution < -0.4 is 21.3 Å². The fourth-order valence-corrected chi connectivity index (χ4v) is 3.98. The van der Waals surface area contributed by atoms with Gasteiger partial charge in [-0.15, -0.1) is 10.2 Å². The number of benzene rings is 3. The highest BCUT2D eigenvalue weighted by molar-refractivity contribution is 7.99. The van der Waals surface area contributed by atoms with Crippen molar-refractivity contribution in [3.63, 3.8) is 0 Å². The zero-order chi connectivity index (χ0) is 25.3. The van der Waals surface area contributed by atoms with E-state index in [9.17, 15) is 4.79 Å². The van der Waals surface area contributed by atoms with E-state index in [0.717, 1.165) is 22.4 Å². The highest BCUT2D eigenvalue weighted by Gasteiger charge is 2.13. The Morgan fingerprint density at radius 3 is 2.69 bits per heavy atom. The lowest BCUT2D eigenvalue weighted by atomic mass is 10.2. The van der Waals surface area contributed by atoms with E-state index in [1.165, 1.54) is 16.4 Å². The number of nitrogen functional groups attached to an aromatic ring is 1. The topological polar surface area (TPSA) is 119 Å². The molecular weight excluding hydrogens is 498 g/mol. The van der Waals surface area contributed by atoms with E-state index in [-0.39, 0.29) is 17.6 Å². The van der Waals surface area contributed by atoms with Crippen LogP contribution in [0.5, 0.6) is 5.75 Å². The van der Waals surface area contributed by atoms with Gasteiger partial charge in [-0.1, -0.05) is 71.9 Å². The molecule has 0 saturated heterocycles. The van der Waals surface area contributed by atoms with Crippen LogP contribution in [0.4, 0.5) is 11.6 Å². The van der Waals surface area contributed by atoms with Gasteiger partial charge in [0, 0.05) is 21.8 Å². The number of nitrogens with zero attached hydrogens (tertiary/aromatic N) is 4. The normalized spacial score (nSPS) is 10.9. The van der Waals surface area contributed by atoms with Gasteiger partial charge in [0.15, 0.2) is 0 Å².